The van der Waals surface area contributed by atoms with Crippen molar-refractivity contribution < 1.29 is 14.0 Å². The molecule has 152 valence electrons. The van der Waals surface area contributed by atoms with E-state index in [1.807, 2.05) is 6.07 Å². The molecule has 1 aliphatic heterocycles. The van der Waals surface area contributed by atoms with E-state index in [4.69, 9.17) is 17.3 Å². The molecule has 1 aromatic heterocycles. The second-order valence-electron chi connectivity index (χ2n) is 6.34. The average molecular weight is 445 g/mol. The van der Waals surface area contributed by atoms with Crippen LogP contribution in [0.2, 0.25) is 5.02 Å². The number of aromatic nitrogens is 2. The van der Waals surface area contributed by atoms with Gasteiger partial charge in [0.1, 0.15) is 17.6 Å². The number of nitrogens with one attached hydrogen (secondary N) is 1. The summed E-state index contributed by atoms with van der Waals surface area (Å²) in [6.45, 7) is 0. The van der Waals surface area contributed by atoms with E-state index < -0.39 is 23.7 Å². The molecule has 3 aromatic rings. The largest absolute Gasteiger partial charge is 0.368 e. The third-order valence-electron chi connectivity index (χ3n) is 4.34. The van der Waals surface area contributed by atoms with Crippen LogP contribution in [0.15, 0.2) is 53.6 Å². The van der Waals surface area contributed by atoms with E-state index in [2.05, 4.69) is 20.6 Å². The Hall–Kier alpha value is -3.37. The minimum Gasteiger partial charge on any atom is -0.368 e. The summed E-state index contributed by atoms with van der Waals surface area (Å²) in [6.07, 6.45) is 0.00865. The van der Waals surface area contributed by atoms with Gasteiger partial charge in [-0.3, -0.25) is 19.9 Å². The number of hydrogen-bond donors (Lipinski definition) is 2. The van der Waals surface area contributed by atoms with E-state index in [0.717, 1.165) is 11.3 Å². The first-order chi connectivity index (χ1) is 14.4. The molecular formula is C19H14ClFN6O2S. The zero-order chi connectivity index (χ0) is 21.3. The summed E-state index contributed by atoms with van der Waals surface area (Å²) in [6, 6.07) is 11.7. The smallest absolute Gasteiger partial charge is 0.273 e. The topological polar surface area (TPSA) is 114 Å². The lowest BCUT2D eigenvalue weighted by atomic mass is 10.1. The molecule has 0 bridgehead atoms. The molecule has 0 spiro atoms. The van der Waals surface area contributed by atoms with Crippen molar-refractivity contribution in [2.24, 2.45) is 10.8 Å². The number of rotatable bonds is 5. The van der Waals surface area contributed by atoms with Gasteiger partial charge in [-0.2, -0.15) is 5.10 Å². The Morgan fingerprint density at radius 3 is 2.60 bits per heavy atom. The lowest BCUT2D eigenvalue weighted by molar-refractivity contribution is -0.119. The van der Waals surface area contributed by atoms with Crippen LogP contribution in [-0.2, 0) is 9.59 Å². The van der Waals surface area contributed by atoms with Gasteiger partial charge in [-0.15, -0.1) is 10.2 Å². The average Bonchev–Trinajstić information content (AvgIpc) is 3.36. The third-order valence-corrected chi connectivity index (χ3v) is 5.54. The van der Waals surface area contributed by atoms with Crippen molar-refractivity contribution in [2.75, 3.05) is 10.3 Å². The molecule has 0 radical (unpaired) electrons. The van der Waals surface area contributed by atoms with Crippen molar-refractivity contribution >= 4 is 51.3 Å². The second-order valence-corrected chi connectivity index (χ2v) is 7.72. The van der Waals surface area contributed by atoms with E-state index >= 15 is 0 Å². The molecule has 2 heterocycles. The summed E-state index contributed by atoms with van der Waals surface area (Å²) in [4.78, 5) is 24.5. The maximum atomic E-state index is 13.2. The highest BCUT2D eigenvalue weighted by atomic mass is 35.5. The van der Waals surface area contributed by atoms with Gasteiger partial charge in [-0.05, 0) is 30.3 Å². The number of hydrazone groups is 1. The molecule has 3 N–H and O–H groups in total. The number of anilines is 2. The first kappa shape index (κ1) is 19.9. The normalized spacial score (nSPS) is 15.7. The van der Waals surface area contributed by atoms with Gasteiger partial charge in [0.2, 0.25) is 11.0 Å². The van der Waals surface area contributed by atoms with Crippen molar-refractivity contribution in [3.63, 3.8) is 0 Å². The highest BCUT2D eigenvalue weighted by molar-refractivity contribution is 7.18. The Balaban J connectivity index is 1.53. The molecule has 0 saturated heterocycles. The van der Waals surface area contributed by atoms with E-state index in [1.54, 1.807) is 18.2 Å². The number of nitrogens with two attached hydrogens (primary N) is 1. The summed E-state index contributed by atoms with van der Waals surface area (Å²) >= 11 is 7.32. The Morgan fingerprint density at radius 2 is 1.90 bits per heavy atom. The van der Waals surface area contributed by atoms with Crippen molar-refractivity contribution in [1.29, 1.82) is 0 Å². The number of amides is 2. The SMILES string of the molecule is NC(=O)C1CC(C(=O)Nc2nnc(-c3ccccc3Cl)s2)=NN1c1ccc(F)cc1. The number of carbonyl (C=O) groups is 2. The highest BCUT2D eigenvalue weighted by Gasteiger charge is 2.35. The summed E-state index contributed by atoms with van der Waals surface area (Å²) in [7, 11) is 0. The van der Waals surface area contributed by atoms with Crippen molar-refractivity contribution in [3.8, 4) is 10.6 Å². The van der Waals surface area contributed by atoms with Crippen LogP contribution in [0.4, 0.5) is 15.2 Å². The quantitative estimate of drug-likeness (QED) is 0.627. The zero-order valence-corrected chi connectivity index (χ0v) is 16.8. The summed E-state index contributed by atoms with van der Waals surface area (Å²) < 4.78 is 13.2. The van der Waals surface area contributed by atoms with Crippen LogP contribution in [0.1, 0.15) is 6.42 Å². The van der Waals surface area contributed by atoms with Gasteiger partial charge in [0, 0.05) is 12.0 Å². The third kappa shape index (κ3) is 4.00. The maximum Gasteiger partial charge on any atom is 0.273 e. The van der Waals surface area contributed by atoms with Crippen LogP contribution in [0.3, 0.4) is 0 Å². The first-order valence-corrected chi connectivity index (χ1v) is 9.93. The standard InChI is InChI=1S/C19H14ClFN6O2S/c20-13-4-2-1-3-12(13)18-24-25-19(30-18)23-17(29)14-9-15(16(22)28)27(26-14)11-7-5-10(21)6-8-11/h1-8,15H,9H2,(H2,22,28)(H,23,25,29). The predicted molar refractivity (Wildman–Crippen MR) is 113 cm³/mol. The molecule has 1 unspecified atom stereocenters. The first-order valence-electron chi connectivity index (χ1n) is 8.73. The van der Waals surface area contributed by atoms with Gasteiger partial charge < -0.3 is 5.73 Å². The Bertz CT molecular complexity index is 1150. The van der Waals surface area contributed by atoms with Crippen LogP contribution in [0, 0.1) is 5.82 Å². The fourth-order valence-corrected chi connectivity index (χ4v) is 3.95. The molecule has 11 heteroatoms. The van der Waals surface area contributed by atoms with E-state index in [1.165, 1.54) is 29.3 Å². The molecule has 0 fully saturated rings. The molecule has 0 aliphatic carbocycles. The van der Waals surface area contributed by atoms with Gasteiger partial charge in [0.05, 0.1) is 10.7 Å². The number of halogens is 2. The minimum absolute atomic E-state index is 0.00865. The lowest BCUT2D eigenvalue weighted by Crippen LogP contribution is -2.39. The fourth-order valence-electron chi connectivity index (χ4n) is 2.89. The van der Waals surface area contributed by atoms with Crippen LogP contribution in [0.25, 0.3) is 10.6 Å². The molecule has 1 aliphatic rings. The van der Waals surface area contributed by atoms with Crippen molar-refractivity contribution in [2.45, 2.75) is 12.5 Å². The minimum atomic E-state index is -0.857. The van der Waals surface area contributed by atoms with E-state index in [0.29, 0.717) is 21.3 Å². The van der Waals surface area contributed by atoms with Gasteiger partial charge >= 0.3 is 0 Å². The number of carbonyl (C=O) groups excluding carboxylic acids is 2. The van der Waals surface area contributed by atoms with Crippen LogP contribution in [-0.4, -0.2) is 33.8 Å². The summed E-state index contributed by atoms with van der Waals surface area (Å²) in [5, 5.41) is 17.5. The Labute approximate surface area is 179 Å². The van der Waals surface area contributed by atoms with Gasteiger partial charge in [0.25, 0.3) is 5.91 Å². The highest BCUT2D eigenvalue weighted by Crippen LogP contribution is 2.32. The number of benzene rings is 2. The number of nitrogens with zero attached hydrogens (tertiary/aromatic N) is 4. The molecule has 8 nitrogen and oxygen atoms in total. The van der Waals surface area contributed by atoms with Crippen molar-refractivity contribution in [3.05, 3.63) is 59.4 Å². The molecular weight excluding hydrogens is 431 g/mol. The molecule has 30 heavy (non-hydrogen) atoms. The number of primary amides is 1. The van der Waals surface area contributed by atoms with Gasteiger partial charge in [-0.25, -0.2) is 4.39 Å². The molecule has 2 amide bonds. The second kappa shape index (κ2) is 8.17. The Kier molecular flexibility index (Phi) is 5.42. The summed E-state index contributed by atoms with van der Waals surface area (Å²) in [5.74, 6) is -1.61. The number of hydrogen-bond acceptors (Lipinski definition) is 7. The Morgan fingerprint density at radius 1 is 1.17 bits per heavy atom. The lowest BCUT2D eigenvalue weighted by Gasteiger charge is -2.20. The predicted octanol–water partition coefficient (Wildman–Crippen LogP) is 3.06. The molecule has 4 rings (SSSR count). The van der Waals surface area contributed by atoms with E-state index in [9.17, 15) is 14.0 Å². The molecule has 2 aromatic carbocycles. The zero-order valence-electron chi connectivity index (χ0n) is 15.3. The monoisotopic (exact) mass is 444 g/mol. The molecule has 0 saturated carbocycles. The van der Waals surface area contributed by atoms with E-state index in [-0.39, 0.29) is 17.3 Å². The van der Waals surface area contributed by atoms with Gasteiger partial charge in [-0.1, -0.05) is 41.1 Å². The van der Waals surface area contributed by atoms with Crippen molar-refractivity contribution in [1.82, 2.24) is 10.2 Å². The molecule has 1 atom stereocenters. The van der Waals surface area contributed by atoms with Crippen LogP contribution in [0.5, 0.6) is 0 Å². The van der Waals surface area contributed by atoms with Crippen LogP contribution >= 0.6 is 22.9 Å². The maximum absolute atomic E-state index is 13.2. The summed E-state index contributed by atoms with van der Waals surface area (Å²) in [5.41, 5.74) is 6.70. The van der Waals surface area contributed by atoms with Gasteiger partial charge in [0.15, 0.2) is 5.01 Å². The fraction of sp³-hybridized carbons (Fsp3) is 0.105. The van der Waals surface area contributed by atoms with Crippen LogP contribution < -0.4 is 16.1 Å².